The number of amides is 6. The van der Waals surface area contributed by atoms with Crippen LogP contribution in [0.25, 0.3) is 0 Å². The van der Waals surface area contributed by atoms with Gasteiger partial charge in [-0.05, 0) is 66.7 Å². The number of hydrogen-bond acceptors (Lipinski definition) is 6. The average molecular weight is 572 g/mol. The number of imide groups is 2. The van der Waals surface area contributed by atoms with Crippen molar-refractivity contribution in [2.24, 2.45) is 11.0 Å². The number of barbiturate groups is 1. The number of hydrogen-bond donors (Lipinski definition) is 3. The Morgan fingerprint density at radius 3 is 2.20 bits per heavy atom. The smallest absolute Gasteiger partial charge is 0.322 e. The van der Waals surface area contributed by atoms with Gasteiger partial charge in [-0.15, -0.1) is 0 Å². The standard InChI is InChI=1S/C26H17ClF3N5O5/c27-17-8-4-14(5-9-17)21(36)32-18-10-6-15(7-11-18)22(37)34-31-13-20-23(38)33-25(40)35(24(20)39)19-3-1-2-16(12-19)26(28,29)30/h1-13,20H,(H,32,36)(H,34,37)(H,33,38,40)/b31-13-/t20-/m0/s1. The van der Waals surface area contributed by atoms with Crippen LogP contribution in [-0.2, 0) is 15.8 Å². The van der Waals surface area contributed by atoms with E-state index in [1.807, 2.05) is 5.32 Å². The molecule has 1 aliphatic rings. The summed E-state index contributed by atoms with van der Waals surface area (Å²) in [4.78, 5) is 62.3. The fraction of sp³-hybridized carbons (Fsp3) is 0.0769. The molecule has 1 aliphatic heterocycles. The molecule has 3 aromatic carbocycles. The van der Waals surface area contributed by atoms with Gasteiger partial charge in [0.25, 0.3) is 17.7 Å². The summed E-state index contributed by atoms with van der Waals surface area (Å²) in [5, 5.41) is 8.60. The summed E-state index contributed by atoms with van der Waals surface area (Å²) in [5.74, 6) is -5.07. The zero-order valence-corrected chi connectivity index (χ0v) is 20.8. The zero-order valence-electron chi connectivity index (χ0n) is 20.0. The maximum atomic E-state index is 13.1. The average Bonchev–Trinajstić information content (AvgIpc) is 2.90. The van der Waals surface area contributed by atoms with Crippen LogP contribution < -0.4 is 21.0 Å². The monoisotopic (exact) mass is 571 g/mol. The lowest BCUT2D eigenvalue weighted by molar-refractivity contribution is -0.138. The Labute approximate surface area is 228 Å². The van der Waals surface area contributed by atoms with Crippen LogP contribution in [0.5, 0.6) is 0 Å². The van der Waals surface area contributed by atoms with E-state index in [1.54, 1.807) is 24.3 Å². The minimum Gasteiger partial charge on any atom is -0.322 e. The number of rotatable bonds is 6. The molecule has 0 unspecified atom stereocenters. The van der Waals surface area contributed by atoms with Crippen molar-refractivity contribution in [1.82, 2.24) is 10.7 Å². The Hall–Kier alpha value is -5.04. The normalized spacial score (nSPS) is 15.7. The first-order chi connectivity index (χ1) is 18.9. The van der Waals surface area contributed by atoms with Gasteiger partial charge in [-0.1, -0.05) is 17.7 Å². The van der Waals surface area contributed by atoms with Crippen molar-refractivity contribution in [3.8, 4) is 0 Å². The summed E-state index contributed by atoms with van der Waals surface area (Å²) < 4.78 is 39.2. The fourth-order valence-electron chi connectivity index (χ4n) is 3.53. The van der Waals surface area contributed by atoms with Crippen molar-refractivity contribution < 1.29 is 37.1 Å². The van der Waals surface area contributed by atoms with Crippen LogP contribution in [0.1, 0.15) is 26.3 Å². The van der Waals surface area contributed by atoms with Crippen LogP contribution in [0.3, 0.4) is 0 Å². The summed E-state index contributed by atoms with van der Waals surface area (Å²) in [5.41, 5.74) is 1.49. The zero-order chi connectivity index (χ0) is 29.0. The van der Waals surface area contributed by atoms with Crippen LogP contribution in [-0.4, -0.2) is 35.9 Å². The molecule has 0 aromatic heterocycles. The molecule has 6 amide bonds. The molecule has 0 bridgehead atoms. The van der Waals surface area contributed by atoms with Gasteiger partial charge < -0.3 is 5.32 Å². The molecule has 0 spiro atoms. The highest BCUT2D eigenvalue weighted by Gasteiger charge is 2.41. The molecular weight excluding hydrogens is 555 g/mol. The Kier molecular flexibility index (Phi) is 7.95. The van der Waals surface area contributed by atoms with E-state index in [0.29, 0.717) is 27.2 Å². The number of carbonyl (C=O) groups is 5. The molecule has 10 nitrogen and oxygen atoms in total. The molecule has 0 saturated carbocycles. The highest BCUT2D eigenvalue weighted by Crippen LogP contribution is 2.32. The van der Waals surface area contributed by atoms with Crippen LogP contribution in [0.4, 0.5) is 29.3 Å². The molecule has 3 aromatic rings. The summed E-state index contributed by atoms with van der Waals surface area (Å²) in [6.45, 7) is 0. The molecule has 3 N–H and O–H groups in total. The second kappa shape index (κ2) is 11.4. The number of hydrazone groups is 1. The van der Waals surface area contributed by atoms with Gasteiger partial charge in [0.15, 0.2) is 5.92 Å². The molecule has 1 atom stereocenters. The van der Waals surface area contributed by atoms with Crippen molar-refractivity contribution in [3.63, 3.8) is 0 Å². The molecule has 1 fully saturated rings. The largest absolute Gasteiger partial charge is 0.416 e. The summed E-state index contributed by atoms with van der Waals surface area (Å²) in [7, 11) is 0. The summed E-state index contributed by atoms with van der Waals surface area (Å²) >= 11 is 5.81. The van der Waals surface area contributed by atoms with E-state index in [2.05, 4.69) is 15.8 Å². The van der Waals surface area contributed by atoms with E-state index in [-0.39, 0.29) is 5.56 Å². The van der Waals surface area contributed by atoms with Gasteiger partial charge >= 0.3 is 12.2 Å². The first-order valence-electron chi connectivity index (χ1n) is 11.3. The van der Waals surface area contributed by atoms with E-state index < -0.39 is 53.0 Å². The third-order valence-electron chi connectivity index (χ3n) is 5.53. The number of benzene rings is 3. The first kappa shape index (κ1) is 28.0. The molecule has 204 valence electrons. The topological polar surface area (TPSA) is 137 Å². The van der Waals surface area contributed by atoms with Crippen molar-refractivity contribution >= 4 is 58.9 Å². The second-order valence-corrected chi connectivity index (χ2v) is 8.69. The third-order valence-corrected chi connectivity index (χ3v) is 5.79. The van der Waals surface area contributed by atoms with Crippen LogP contribution in [0.2, 0.25) is 5.02 Å². The maximum absolute atomic E-state index is 13.1. The predicted octanol–water partition coefficient (Wildman–Crippen LogP) is 4.23. The lowest BCUT2D eigenvalue weighted by Gasteiger charge is -2.28. The highest BCUT2D eigenvalue weighted by molar-refractivity contribution is 6.32. The van der Waals surface area contributed by atoms with Crippen LogP contribution in [0.15, 0.2) is 77.9 Å². The molecule has 1 saturated heterocycles. The van der Waals surface area contributed by atoms with Gasteiger partial charge in [-0.25, -0.2) is 15.1 Å². The van der Waals surface area contributed by atoms with Gasteiger partial charge in [0, 0.05) is 28.1 Å². The highest BCUT2D eigenvalue weighted by atomic mass is 35.5. The van der Waals surface area contributed by atoms with E-state index in [0.717, 1.165) is 24.4 Å². The lowest BCUT2D eigenvalue weighted by Crippen LogP contribution is -2.58. The molecular formula is C26H17ClF3N5O5. The Morgan fingerprint density at radius 1 is 0.925 bits per heavy atom. The number of alkyl halides is 3. The van der Waals surface area contributed by atoms with Crippen LogP contribution >= 0.6 is 11.6 Å². The van der Waals surface area contributed by atoms with Crippen molar-refractivity contribution in [3.05, 3.63) is 94.5 Å². The Morgan fingerprint density at radius 2 is 1.55 bits per heavy atom. The maximum Gasteiger partial charge on any atom is 0.416 e. The van der Waals surface area contributed by atoms with Gasteiger partial charge in [0.2, 0.25) is 5.91 Å². The SMILES string of the molecule is O=C(N/N=C\[C@H]1C(=O)NC(=O)N(c2cccc(C(F)(F)F)c2)C1=O)c1ccc(NC(=O)c2ccc(Cl)cc2)cc1. The number of nitrogens with zero attached hydrogens (tertiary/aromatic N) is 2. The fourth-order valence-corrected chi connectivity index (χ4v) is 3.66. The summed E-state index contributed by atoms with van der Waals surface area (Å²) in [6.07, 6.45) is -3.98. The molecule has 0 aliphatic carbocycles. The molecule has 1 heterocycles. The minimum absolute atomic E-state index is 0.113. The van der Waals surface area contributed by atoms with Crippen molar-refractivity contribution in [1.29, 1.82) is 0 Å². The number of halogens is 4. The number of urea groups is 1. The minimum atomic E-state index is -4.73. The number of nitrogens with one attached hydrogen (secondary N) is 3. The molecule has 4 rings (SSSR count). The third kappa shape index (κ3) is 6.32. The Bertz CT molecular complexity index is 1520. The van der Waals surface area contributed by atoms with Gasteiger partial charge in [-0.3, -0.25) is 24.5 Å². The number of carbonyl (C=O) groups excluding carboxylic acids is 5. The lowest BCUT2D eigenvalue weighted by atomic mass is 10.1. The molecule has 14 heteroatoms. The van der Waals surface area contributed by atoms with E-state index >= 15 is 0 Å². The van der Waals surface area contributed by atoms with Gasteiger partial charge in [-0.2, -0.15) is 18.3 Å². The van der Waals surface area contributed by atoms with Crippen LogP contribution in [0, 0.1) is 5.92 Å². The van der Waals surface area contributed by atoms with Gasteiger partial charge in [0.05, 0.1) is 11.3 Å². The first-order valence-corrected chi connectivity index (χ1v) is 11.7. The number of anilines is 2. The van der Waals surface area contributed by atoms with E-state index in [9.17, 15) is 37.1 Å². The Balaban J connectivity index is 1.40. The van der Waals surface area contributed by atoms with Crippen molar-refractivity contribution in [2.45, 2.75) is 6.18 Å². The van der Waals surface area contributed by atoms with E-state index in [1.165, 1.54) is 24.3 Å². The molecule has 0 radical (unpaired) electrons. The second-order valence-electron chi connectivity index (χ2n) is 8.25. The molecule has 40 heavy (non-hydrogen) atoms. The van der Waals surface area contributed by atoms with Crippen molar-refractivity contribution in [2.75, 3.05) is 10.2 Å². The summed E-state index contributed by atoms with van der Waals surface area (Å²) in [6, 6.07) is 14.1. The van der Waals surface area contributed by atoms with Gasteiger partial charge in [0.1, 0.15) is 0 Å². The predicted molar refractivity (Wildman–Crippen MR) is 138 cm³/mol. The quantitative estimate of drug-likeness (QED) is 0.231. The van der Waals surface area contributed by atoms with E-state index in [4.69, 9.17) is 11.6 Å².